The number of hydrogen-bond acceptors (Lipinski definition) is 5. The molecule has 1 aromatic heterocycles. The average molecular weight is 419 g/mol. The Labute approximate surface area is 164 Å². The Bertz CT molecular complexity index is 694. The quantitative estimate of drug-likeness (QED) is 0.713. The number of hydrogen-bond donors (Lipinski definition) is 2. The summed E-state index contributed by atoms with van der Waals surface area (Å²) < 4.78 is 1.11. The van der Waals surface area contributed by atoms with Gasteiger partial charge in [-0.3, -0.25) is 0 Å². The molecular weight excluding hydrogens is 392 g/mol. The largest absolute Gasteiger partial charge is 0.396 e. The van der Waals surface area contributed by atoms with Crippen molar-refractivity contribution in [1.29, 1.82) is 0 Å². The third-order valence-corrected chi connectivity index (χ3v) is 5.46. The number of anilines is 2. The molecule has 0 amide bonds. The number of halogens is 1. The molecule has 1 aromatic carbocycles. The van der Waals surface area contributed by atoms with Crippen molar-refractivity contribution in [3.8, 4) is 0 Å². The van der Waals surface area contributed by atoms with E-state index in [0.29, 0.717) is 12.0 Å². The van der Waals surface area contributed by atoms with Crippen LogP contribution in [0.2, 0.25) is 0 Å². The summed E-state index contributed by atoms with van der Waals surface area (Å²) in [5.74, 6) is 2.16. The normalized spacial score (nSPS) is 18.6. The Hall–Kier alpha value is -1.66. The van der Waals surface area contributed by atoms with Crippen LogP contribution in [0, 0.1) is 5.92 Å². The molecule has 0 spiro atoms. The van der Waals surface area contributed by atoms with Crippen LogP contribution < -0.4 is 10.2 Å². The molecule has 0 aliphatic carbocycles. The Kier molecular flexibility index (Phi) is 6.86. The lowest BCUT2D eigenvalue weighted by molar-refractivity contribution is 0.208. The van der Waals surface area contributed by atoms with E-state index in [2.05, 4.69) is 67.3 Å². The van der Waals surface area contributed by atoms with Crippen LogP contribution in [0.15, 0.2) is 41.1 Å². The van der Waals surface area contributed by atoms with Gasteiger partial charge in [0.25, 0.3) is 0 Å². The van der Waals surface area contributed by atoms with Gasteiger partial charge in [-0.05, 0) is 56.2 Å². The molecule has 2 unspecified atom stereocenters. The van der Waals surface area contributed by atoms with E-state index in [-0.39, 0.29) is 6.61 Å². The van der Waals surface area contributed by atoms with Gasteiger partial charge in [-0.15, -0.1) is 0 Å². The molecule has 0 saturated carbocycles. The molecule has 2 atom stereocenters. The van der Waals surface area contributed by atoms with Crippen molar-refractivity contribution >= 4 is 27.6 Å². The molecule has 26 heavy (non-hydrogen) atoms. The highest BCUT2D eigenvalue weighted by atomic mass is 79.9. The molecule has 5 nitrogen and oxygen atoms in total. The minimum Gasteiger partial charge on any atom is -0.396 e. The van der Waals surface area contributed by atoms with Gasteiger partial charge in [0.05, 0.1) is 0 Å². The molecule has 2 heterocycles. The zero-order valence-corrected chi connectivity index (χ0v) is 16.8. The number of benzene rings is 1. The molecule has 1 saturated heterocycles. The van der Waals surface area contributed by atoms with Gasteiger partial charge in [-0.1, -0.05) is 28.1 Å². The van der Waals surface area contributed by atoms with Crippen molar-refractivity contribution in [1.82, 2.24) is 9.97 Å². The molecule has 0 radical (unpaired) electrons. The summed E-state index contributed by atoms with van der Waals surface area (Å²) in [5, 5.41) is 12.9. The van der Waals surface area contributed by atoms with Crippen molar-refractivity contribution in [2.24, 2.45) is 5.92 Å². The van der Waals surface area contributed by atoms with Gasteiger partial charge in [-0.25, -0.2) is 9.97 Å². The van der Waals surface area contributed by atoms with Crippen LogP contribution in [0.1, 0.15) is 31.7 Å². The van der Waals surface area contributed by atoms with E-state index >= 15 is 0 Å². The lowest BCUT2D eigenvalue weighted by Gasteiger charge is -2.32. The zero-order chi connectivity index (χ0) is 18.4. The fourth-order valence-corrected chi connectivity index (χ4v) is 3.64. The molecule has 2 N–H and O–H groups in total. The summed E-state index contributed by atoms with van der Waals surface area (Å²) >= 11 is 3.47. The van der Waals surface area contributed by atoms with Crippen LogP contribution in [-0.4, -0.2) is 40.8 Å². The molecule has 0 bridgehead atoms. The fourth-order valence-electron chi connectivity index (χ4n) is 3.38. The van der Waals surface area contributed by atoms with E-state index in [4.69, 9.17) is 0 Å². The monoisotopic (exact) mass is 418 g/mol. The lowest BCUT2D eigenvalue weighted by atomic mass is 9.99. The van der Waals surface area contributed by atoms with Gasteiger partial charge in [0.1, 0.15) is 18.0 Å². The van der Waals surface area contributed by atoms with E-state index in [1.54, 1.807) is 6.33 Å². The smallest absolute Gasteiger partial charge is 0.134 e. The summed E-state index contributed by atoms with van der Waals surface area (Å²) in [7, 11) is 0. The lowest BCUT2D eigenvalue weighted by Crippen LogP contribution is -2.37. The minimum absolute atomic E-state index is 0.250. The average Bonchev–Trinajstić information content (AvgIpc) is 2.68. The van der Waals surface area contributed by atoms with Crippen molar-refractivity contribution in [2.75, 3.05) is 29.9 Å². The summed E-state index contributed by atoms with van der Waals surface area (Å²) in [5.41, 5.74) is 1.34. The second-order valence-electron chi connectivity index (χ2n) is 7.11. The van der Waals surface area contributed by atoms with Crippen LogP contribution in [0.3, 0.4) is 0 Å². The molecule has 6 heteroatoms. The highest BCUT2D eigenvalue weighted by Gasteiger charge is 2.20. The van der Waals surface area contributed by atoms with Crippen LogP contribution >= 0.6 is 15.9 Å². The van der Waals surface area contributed by atoms with Gasteiger partial charge < -0.3 is 15.3 Å². The third-order valence-electron chi connectivity index (χ3n) is 4.93. The Morgan fingerprint density at radius 3 is 2.88 bits per heavy atom. The third kappa shape index (κ3) is 5.42. The van der Waals surface area contributed by atoms with E-state index in [1.807, 2.05) is 6.07 Å². The second kappa shape index (κ2) is 9.33. The van der Waals surface area contributed by atoms with Crippen LogP contribution in [-0.2, 0) is 6.42 Å². The number of piperidine rings is 1. The highest BCUT2D eigenvalue weighted by Crippen LogP contribution is 2.23. The molecule has 1 fully saturated rings. The van der Waals surface area contributed by atoms with Crippen LogP contribution in [0.5, 0.6) is 0 Å². The first kappa shape index (κ1) is 19.1. The van der Waals surface area contributed by atoms with Crippen molar-refractivity contribution < 1.29 is 5.11 Å². The molecular formula is C20H27BrN4O. The number of aromatic nitrogens is 2. The summed E-state index contributed by atoms with van der Waals surface area (Å²) in [6.07, 6.45) is 5.89. The summed E-state index contributed by atoms with van der Waals surface area (Å²) in [6, 6.07) is 10.8. The van der Waals surface area contributed by atoms with E-state index in [9.17, 15) is 5.11 Å². The number of aliphatic hydroxyl groups excluding tert-OH is 1. The Balaban J connectivity index is 1.55. The van der Waals surface area contributed by atoms with Crippen molar-refractivity contribution in [3.05, 3.63) is 46.7 Å². The first-order chi connectivity index (χ1) is 12.6. The summed E-state index contributed by atoms with van der Waals surface area (Å²) in [6.45, 7) is 4.29. The topological polar surface area (TPSA) is 61.3 Å². The number of nitrogens with zero attached hydrogens (tertiary/aromatic N) is 3. The molecule has 3 rings (SSSR count). The number of rotatable bonds is 7. The maximum absolute atomic E-state index is 9.42. The van der Waals surface area contributed by atoms with Gasteiger partial charge >= 0.3 is 0 Å². The number of nitrogens with one attached hydrogen (secondary N) is 1. The van der Waals surface area contributed by atoms with E-state index < -0.39 is 0 Å². The molecule has 140 valence electrons. The number of aliphatic hydroxyl groups is 1. The van der Waals surface area contributed by atoms with Crippen molar-refractivity contribution in [3.63, 3.8) is 0 Å². The Morgan fingerprint density at radius 2 is 2.12 bits per heavy atom. The predicted molar refractivity (Wildman–Crippen MR) is 110 cm³/mol. The van der Waals surface area contributed by atoms with Crippen LogP contribution in [0.4, 0.5) is 11.6 Å². The molecule has 2 aromatic rings. The standard InChI is InChI=1S/C20H27BrN4O/c1-15(4-5-16-6-8-18(21)9-7-16)24-19-11-20(23-14-22-19)25-10-2-3-17(12-25)13-26/h6-9,11,14-15,17,26H,2-5,10,12-13H2,1H3,(H,22,23,24). The minimum atomic E-state index is 0.250. The molecule has 1 aliphatic heterocycles. The highest BCUT2D eigenvalue weighted by molar-refractivity contribution is 9.10. The van der Waals surface area contributed by atoms with Crippen LogP contribution in [0.25, 0.3) is 0 Å². The maximum Gasteiger partial charge on any atom is 0.134 e. The number of aryl methyl sites for hydroxylation is 1. The predicted octanol–water partition coefficient (Wildman–Crippen LogP) is 3.88. The van der Waals surface area contributed by atoms with E-state index in [0.717, 1.165) is 54.9 Å². The first-order valence-corrected chi connectivity index (χ1v) is 10.1. The van der Waals surface area contributed by atoms with E-state index in [1.165, 1.54) is 5.56 Å². The maximum atomic E-state index is 9.42. The zero-order valence-electron chi connectivity index (χ0n) is 15.2. The van der Waals surface area contributed by atoms with Gasteiger partial charge in [0.2, 0.25) is 0 Å². The van der Waals surface area contributed by atoms with Crippen molar-refractivity contribution in [2.45, 2.75) is 38.6 Å². The van der Waals surface area contributed by atoms with Gasteiger partial charge in [0.15, 0.2) is 0 Å². The molecule has 1 aliphatic rings. The van der Waals surface area contributed by atoms with Gasteiger partial charge in [-0.2, -0.15) is 0 Å². The summed E-state index contributed by atoms with van der Waals surface area (Å²) in [4.78, 5) is 11.1. The SMILES string of the molecule is CC(CCc1ccc(Br)cc1)Nc1cc(N2CCCC(CO)C2)ncn1. The second-order valence-corrected chi connectivity index (χ2v) is 8.02. The first-order valence-electron chi connectivity index (χ1n) is 9.33. The Morgan fingerprint density at radius 1 is 1.31 bits per heavy atom. The van der Waals surface area contributed by atoms with Gasteiger partial charge in [0, 0.05) is 36.3 Å². The fraction of sp³-hybridized carbons (Fsp3) is 0.500.